The summed E-state index contributed by atoms with van der Waals surface area (Å²) in [6, 6.07) is 22.9. The fourth-order valence-corrected chi connectivity index (χ4v) is 5.21. The van der Waals surface area contributed by atoms with E-state index in [-0.39, 0.29) is 18.9 Å². The van der Waals surface area contributed by atoms with Crippen molar-refractivity contribution in [3.63, 3.8) is 0 Å². The van der Waals surface area contributed by atoms with Crippen LogP contribution in [0.5, 0.6) is 0 Å². The lowest BCUT2D eigenvalue weighted by Crippen LogP contribution is -2.53. The molecule has 3 aromatic carbocycles. The number of carbonyl (C=O) groups is 2. The van der Waals surface area contributed by atoms with E-state index in [0.29, 0.717) is 22.8 Å². The molecule has 0 aliphatic carbocycles. The van der Waals surface area contributed by atoms with Gasteiger partial charge in [0, 0.05) is 24.5 Å². The van der Waals surface area contributed by atoms with E-state index in [1.165, 1.54) is 11.0 Å². The minimum absolute atomic E-state index is 0.142. The van der Waals surface area contributed by atoms with Crippen molar-refractivity contribution in [3.05, 3.63) is 101 Å². The maximum atomic E-state index is 14.0. The Morgan fingerprint density at radius 3 is 2.13 bits per heavy atom. The number of aryl methyl sites for hydroxylation is 1. The number of halogens is 1. The van der Waals surface area contributed by atoms with Gasteiger partial charge in [0.15, 0.2) is 0 Å². The molecule has 1 unspecified atom stereocenters. The number of anilines is 1. The van der Waals surface area contributed by atoms with Crippen LogP contribution >= 0.6 is 11.6 Å². The maximum Gasteiger partial charge on any atom is 0.244 e. The number of nitrogens with zero attached hydrogens (tertiary/aromatic N) is 2. The van der Waals surface area contributed by atoms with Gasteiger partial charge in [-0.2, -0.15) is 0 Å². The average Bonchev–Trinajstić information content (AvgIpc) is 2.89. The number of hydrogen-bond donors (Lipinski definition) is 1. The monoisotopic (exact) mass is 555 g/mol. The first-order valence-corrected chi connectivity index (χ1v) is 14.7. The van der Waals surface area contributed by atoms with Crippen LogP contribution in [-0.2, 0) is 32.6 Å². The van der Waals surface area contributed by atoms with Crippen LogP contribution in [0.25, 0.3) is 0 Å². The minimum Gasteiger partial charge on any atom is -0.354 e. The molecule has 0 radical (unpaired) electrons. The molecule has 0 spiro atoms. The van der Waals surface area contributed by atoms with Crippen molar-refractivity contribution in [2.24, 2.45) is 0 Å². The van der Waals surface area contributed by atoms with Crippen LogP contribution in [0.1, 0.15) is 30.0 Å². The summed E-state index contributed by atoms with van der Waals surface area (Å²) in [5.74, 6) is -0.781. The average molecular weight is 556 g/mol. The van der Waals surface area contributed by atoms with Gasteiger partial charge in [0.2, 0.25) is 21.8 Å². The highest BCUT2D eigenvalue weighted by Crippen LogP contribution is 2.27. The zero-order valence-electron chi connectivity index (χ0n) is 21.9. The lowest BCUT2D eigenvalue weighted by molar-refractivity contribution is -0.140. The topological polar surface area (TPSA) is 86.8 Å². The van der Waals surface area contributed by atoms with E-state index >= 15 is 0 Å². The van der Waals surface area contributed by atoms with E-state index in [1.54, 1.807) is 19.1 Å². The van der Waals surface area contributed by atoms with Crippen LogP contribution in [0.15, 0.2) is 78.9 Å². The number of carbonyl (C=O) groups excluding carboxylic acids is 2. The van der Waals surface area contributed by atoms with Gasteiger partial charge >= 0.3 is 0 Å². The Bertz CT molecular complexity index is 1330. The quantitative estimate of drug-likeness (QED) is 0.354. The van der Waals surface area contributed by atoms with Gasteiger partial charge in [-0.1, -0.05) is 85.3 Å². The van der Waals surface area contributed by atoms with Gasteiger partial charge in [-0.3, -0.25) is 13.9 Å². The first kappa shape index (κ1) is 29.2. The Balaban J connectivity index is 2.04. The van der Waals surface area contributed by atoms with Gasteiger partial charge in [0.05, 0.1) is 11.9 Å². The second-order valence-corrected chi connectivity index (χ2v) is 11.5. The number of hydrogen-bond acceptors (Lipinski definition) is 4. The molecule has 2 amide bonds. The van der Waals surface area contributed by atoms with Gasteiger partial charge in [-0.05, 0) is 42.2 Å². The second kappa shape index (κ2) is 13.4. The molecule has 0 saturated heterocycles. The number of amides is 2. The molecule has 0 aromatic heterocycles. The van der Waals surface area contributed by atoms with Crippen molar-refractivity contribution in [1.29, 1.82) is 0 Å². The molecule has 202 valence electrons. The van der Waals surface area contributed by atoms with E-state index < -0.39 is 28.5 Å². The van der Waals surface area contributed by atoms with Crippen molar-refractivity contribution in [3.8, 4) is 0 Å². The molecule has 0 aliphatic heterocycles. The number of rotatable bonds is 12. The SMILES string of the molecule is CCCNC(=O)C(Cc1ccccc1)N(Cc1ccccc1)C(=O)CN(c1cc(Cl)ccc1C)S(C)(=O)=O. The minimum atomic E-state index is -3.85. The zero-order chi connectivity index (χ0) is 27.7. The second-order valence-electron chi connectivity index (χ2n) is 9.20. The molecule has 1 atom stereocenters. The molecule has 0 saturated carbocycles. The molecule has 1 N–H and O–H groups in total. The molecule has 0 aliphatic rings. The van der Waals surface area contributed by atoms with Gasteiger partial charge in [-0.15, -0.1) is 0 Å². The summed E-state index contributed by atoms with van der Waals surface area (Å²) in [4.78, 5) is 28.9. The Kier molecular flexibility index (Phi) is 10.3. The van der Waals surface area contributed by atoms with Gasteiger partial charge in [0.1, 0.15) is 12.6 Å². The summed E-state index contributed by atoms with van der Waals surface area (Å²) < 4.78 is 26.8. The predicted molar refractivity (Wildman–Crippen MR) is 153 cm³/mol. The van der Waals surface area contributed by atoms with Crippen molar-refractivity contribution in [2.75, 3.05) is 23.7 Å². The maximum absolute atomic E-state index is 14.0. The van der Waals surface area contributed by atoms with Crippen molar-refractivity contribution in [1.82, 2.24) is 10.2 Å². The molecular weight excluding hydrogens is 522 g/mol. The fraction of sp³-hybridized carbons (Fsp3) is 0.310. The molecule has 7 nitrogen and oxygen atoms in total. The van der Waals surface area contributed by atoms with Crippen LogP contribution in [0.2, 0.25) is 5.02 Å². The summed E-state index contributed by atoms with van der Waals surface area (Å²) in [7, 11) is -3.85. The van der Waals surface area contributed by atoms with Crippen molar-refractivity contribution >= 4 is 39.1 Å². The Hall–Kier alpha value is -3.36. The van der Waals surface area contributed by atoms with Crippen LogP contribution in [0.3, 0.4) is 0 Å². The molecule has 3 aromatic rings. The van der Waals surface area contributed by atoms with Crippen LogP contribution in [0, 0.1) is 6.92 Å². The van der Waals surface area contributed by atoms with Crippen molar-refractivity contribution < 1.29 is 18.0 Å². The highest BCUT2D eigenvalue weighted by molar-refractivity contribution is 7.92. The number of sulfonamides is 1. The highest BCUT2D eigenvalue weighted by atomic mass is 35.5. The Labute approximate surface area is 230 Å². The third-order valence-electron chi connectivity index (χ3n) is 6.14. The Morgan fingerprint density at radius 2 is 1.55 bits per heavy atom. The summed E-state index contributed by atoms with van der Waals surface area (Å²) in [5.41, 5.74) is 2.69. The molecule has 3 rings (SSSR count). The standard InChI is InChI=1S/C29H34ClN3O4S/c1-4-17-31-29(35)27(18-23-11-7-5-8-12-23)32(20-24-13-9-6-10-14-24)28(34)21-33(38(3,36)37)26-19-25(30)16-15-22(26)2/h5-16,19,27H,4,17-18,20-21H2,1-3H3,(H,31,35). The summed E-state index contributed by atoms with van der Waals surface area (Å²) in [5, 5.41) is 3.28. The number of benzene rings is 3. The van der Waals surface area contributed by atoms with Gasteiger partial charge in [-0.25, -0.2) is 8.42 Å². The van der Waals surface area contributed by atoms with Crippen molar-refractivity contribution in [2.45, 2.75) is 39.3 Å². The van der Waals surface area contributed by atoms with Gasteiger partial charge in [0.25, 0.3) is 0 Å². The first-order valence-electron chi connectivity index (χ1n) is 12.5. The summed E-state index contributed by atoms with van der Waals surface area (Å²) in [6.07, 6.45) is 2.08. The summed E-state index contributed by atoms with van der Waals surface area (Å²) in [6.45, 7) is 3.85. The molecule has 0 bridgehead atoms. The largest absolute Gasteiger partial charge is 0.354 e. The smallest absolute Gasteiger partial charge is 0.244 e. The van der Waals surface area contributed by atoms with E-state index in [4.69, 9.17) is 11.6 Å². The van der Waals surface area contributed by atoms with Crippen LogP contribution < -0.4 is 9.62 Å². The molecule has 0 fully saturated rings. The zero-order valence-corrected chi connectivity index (χ0v) is 23.5. The normalized spacial score (nSPS) is 12.0. The fourth-order valence-electron chi connectivity index (χ4n) is 4.15. The van der Waals surface area contributed by atoms with E-state index in [0.717, 1.165) is 28.1 Å². The van der Waals surface area contributed by atoms with Gasteiger partial charge < -0.3 is 10.2 Å². The molecule has 9 heteroatoms. The molecule has 38 heavy (non-hydrogen) atoms. The van der Waals surface area contributed by atoms with Crippen LogP contribution in [-0.4, -0.2) is 50.5 Å². The summed E-state index contributed by atoms with van der Waals surface area (Å²) >= 11 is 6.18. The first-order chi connectivity index (χ1) is 18.1. The van der Waals surface area contributed by atoms with E-state index in [1.807, 2.05) is 67.6 Å². The van der Waals surface area contributed by atoms with E-state index in [2.05, 4.69) is 5.32 Å². The van der Waals surface area contributed by atoms with Crippen LogP contribution in [0.4, 0.5) is 5.69 Å². The molecule has 0 heterocycles. The number of nitrogens with one attached hydrogen (secondary N) is 1. The lowest BCUT2D eigenvalue weighted by atomic mass is 10.0. The third-order valence-corrected chi connectivity index (χ3v) is 7.50. The predicted octanol–water partition coefficient (Wildman–Crippen LogP) is 4.58. The Morgan fingerprint density at radius 1 is 0.947 bits per heavy atom. The third kappa shape index (κ3) is 8.07. The lowest BCUT2D eigenvalue weighted by Gasteiger charge is -2.33. The van der Waals surface area contributed by atoms with E-state index in [9.17, 15) is 18.0 Å². The molecular formula is C29H34ClN3O4S. The highest BCUT2D eigenvalue weighted by Gasteiger charge is 2.33.